The molecule has 4 heteroatoms. The van der Waals surface area contributed by atoms with Gasteiger partial charge in [0.1, 0.15) is 0 Å². The lowest BCUT2D eigenvalue weighted by atomic mass is 10.00. The van der Waals surface area contributed by atoms with Gasteiger partial charge in [-0.25, -0.2) is 0 Å². The number of carbonyl (C=O) groups excluding carboxylic acids is 1. The third kappa shape index (κ3) is 3.23. The normalized spacial score (nSPS) is 16.5. The molecule has 1 heterocycles. The van der Waals surface area contributed by atoms with E-state index in [-0.39, 0.29) is 5.91 Å². The molecule has 0 bridgehead atoms. The lowest BCUT2D eigenvalue weighted by Gasteiger charge is -2.22. The maximum Gasteiger partial charge on any atom is 0.253 e. The topological polar surface area (TPSA) is 64.4 Å². The van der Waals surface area contributed by atoms with E-state index in [1.54, 1.807) is 6.07 Å². The van der Waals surface area contributed by atoms with Crippen LogP contribution >= 0.6 is 0 Å². The van der Waals surface area contributed by atoms with E-state index in [1.807, 2.05) is 19.1 Å². The van der Waals surface area contributed by atoms with Crippen molar-refractivity contribution in [1.29, 1.82) is 0 Å². The molecule has 0 spiro atoms. The Labute approximate surface area is 108 Å². The minimum absolute atomic E-state index is 0.0808. The molecule has 1 aromatic carbocycles. The molecule has 1 aliphatic rings. The average Bonchev–Trinajstić information content (AvgIpc) is 2.40. The Balaban J connectivity index is 1.92. The van der Waals surface area contributed by atoms with E-state index >= 15 is 0 Å². The molecule has 2 rings (SSSR count). The first kappa shape index (κ1) is 12.9. The van der Waals surface area contributed by atoms with Crippen molar-refractivity contribution in [2.45, 2.75) is 19.8 Å². The summed E-state index contributed by atoms with van der Waals surface area (Å²) >= 11 is 0. The van der Waals surface area contributed by atoms with E-state index in [0.717, 1.165) is 31.6 Å². The van der Waals surface area contributed by atoms with Crippen LogP contribution < -0.4 is 11.1 Å². The molecular weight excluding hydrogens is 228 g/mol. The molecule has 3 N–H and O–H groups in total. The highest BCUT2D eigenvalue weighted by molar-refractivity contribution is 5.99. The van der Waals surface area contributed by atoms with E-state index in [4.69, 9.17) is 10.5 Å². The van der Waals surface area contributed by atoms with Gasteiger partial charge in [-0.1, -0.05) is 11.6 Å². The van der Waals surface area contributed by atoms with Gasteiger partial charge in [0.15, 0.2) is 0 Å². The molecule has 0 atom stereocenters. The van der Waals surface area contributed by atoms with Crippen LogP contribution in [0.5, 0.6) is 0 Å². The van der Waals surface area contributed by atoms with Crippen LogP contribution in [-0.2, 0) is 4.74 Å². The van der Waals surface area contributed by atoms with Gasteiger partial charge >= 0.3 is 0 Å². The quantitative estimate of drug-likeness (QED) is 0.801. The molecule has 1 aliphatic heterocycles. The van der Waals surface area contributed by atoms with Crippen LogP contribution in [0.3, 0.4) is 0 Å². The van der Waals surface area contributed by atoms with Gasteiger partial charge in [0.05, 0.1) is 5.56 Å². The number of amides is 1. The highest BCUT2D eigenvalue weighted by atomic mass is 16.5. The summed E-state index contributed by atoms with van der Waals surface area (Å²) in [5, 5.41) is 2.96. The summed E-state index contributed by atoms with van der Waals surface area (Å²) in [5.74, 6) is 0.441. The minimum Gasteiger partial charge on any atom is -0.398 e. The Morgan fingerprint density at radius 3 is 2.89 bits per heavy atom. The van der Waals surface area contributed by atoms with Crippen molar-refractivity contribution in [2.24, 2.45) is 5.92 Å². The zero-order valence-electron chi connectivity index (χ0n) is 10.7. The lowest BCUT2D eigenvalue weighted by Crippen LogP contribution is -2.32. The first-order chi connectivity index (χ1) is 8.66. The Bertz CT molecular complexity index is 426. The Hall–Kier alpha value is -1.55. The predicted octanol–water partition coefficient (Wildman–Crippen LogP) is 1.73. The van der Waals surface area contributed by atoms with E-state index in [1.165, 1.54) is 0 Å². The monoisotopic (exact) mass is 248 g/mol. The third-order valence-corrected chi connectivity index (χ3v) is 3.35. The number of ether oxygens (including phenoxy) is 1. The molecule has 0 unspecified atom stereocenters. The molecule has 1 amide bonds. The summed E-state index contributed by atoms with van der Waals surface area (Å²) in [6, 6.07) is 5.51. The van der Waals surface area contributed by atoms with E-state index in [9.17, 15) is 4.79 Å². The molecule has 0 aliphatic carbocycles. The molecule has 1 aromatic rings. The summed E-state index contributed by atoms with van der Waals surface area (Å²) in [4.78, 5) is 12.0. The van der Waals surface area contributed by atoms with E-state index in [0.29, 0.717) is 23.7 Å². The molecule has 4 nitrogen and oxygen atoms in total. The summed E-state index contributed by atoms with van der Waals surface area (Å²) in [6.45, 7) is 4.25. The van der Waals surface area contributed by atoms with Crippen LogP contribution in [0.2, 0.25) is 0 Å². The summed E-state index contributed by atoms with van der Waals surface area (Å²) < 4.78 is 5.29. The number of anilines is 1. The number of aryl methyl sites for hydroxylation is 1. The molecule has 1 fully saturated rings. The highest BCUT2D eigenvalue weighted by Gasteiger charge is 2.16. The van der Waals surface area contributed by atoms with Crippen molar-refractivity contribution in [3.63, 3.8) is 0 Å². The van der Waals surface area contributed by atoms with Gasteiger partial charge in [-0.3, -0.25) is 4.79 Å². The van der Waals surface area contributed by atoms with E-state index in [2.05, 4.69) is 5.32 Å². The molecular formula is C14H20N2O2. The molecule has 18 heavy (non-hydrogen) atoms. The fourth-order valence-electron chi connectivity index (χ4n) is 2.15. The van der Waals surface area contributed by atoms with E-state index < -0.39 is 0 Å². The second-order valence-electron chi connectivity index (χ2n) is 4.86. The van der Waals surface area contributed by atoms with Crippen LogP contribution in [0.25, 0.3) is 0 Å². The Kier molecular flexibility index (Phi) is 4.20. The second-order valence-corrected chi connectivity index (χ2v) is 4.86. The zero-order chi connectivity index (χ0) is 13.0. The third-order valence-electron chi connectivity index (χ3n) is 3.35. The summed E-state index contributed by atoms with van der Waals surface area (Å²) in [6.07, 6.45) is 2.03. The number of nitrogens with two attached hydrogens (primary N) is 1. The number of nitrogen functional groups attached to an aromatic ring is 1. The maximum absolute atomic E-state index is 12.0. The van der Waals surface area contributed by atoms with Gasteiger partial charge in [-0.05, 0) is 37.8 Å². The first-order valence-electron chi connectivity index (χ1n) is 6.39. The van der Waals surface area contributed by atoms with Crippen molar-refractivity contribution < 1.29 is 9.53 Å². The predicted molar refractivity (Wildman–Crippen MR) is 71.5 cm³/mol. The number of benzene rings is 1. The van der Waals surface area contributed by atoms with Crippen molar-refractivity contribution in [3.05, 3.63) is 29.3 Å². The molecule has 0 aromatic heterocycles. The van der Waals surface area contributed by atoms with Crippen LogP contribution in [0, 0.1) is 12.8 Å². The standard InChI is InChI=1S/C14H20N2O2/c1-10-2-3-13(15)12(8-10)14(17)16-9-11-4-6-18-7-5-11/h2-3,8,11H,4-7,9,15H2,1H3,(H,16,17). The highest BCUT2D eigenvalue weighted by Crippen LogP contribution is 2.16. The molecule has 1 saturated heterocycles. The smallest absolute Gasteiger partial charge is 0.253 e. The van der Waals surface area contributed by atoms with Crippen LogP contribution in [-0.4, -0.2) is 25.7 Å². The van der Waals surface area contributed by atoms with Crippen molar-refractivity contribution >= 4 is 11.6 Å². The first-order valence-corrected chi connectivity index (χ1v) is 6.39. The number of hydrogen-bond acceptors (Lipinski definition) is 3. The van der Waals surface area contributed by atoms with Gasteiger partial charge in [0.25, 0.3) is 5.91 Å². The van der Waals surface area contributed by atoms with Crippen LogP contribution in [0.1, 0.15) is 28.8 Å². The number of nitrogens with one attached hydrogen (secondary N) is 1. The van der Waals surface area contributed by atoms with Crippen LogP contribution in [0.15, 0.2) is 18.2 Å². The fraction of sp³-hybridized carbons (Fsp3) is 0.500. The SMILES string of the molecule is Cc1ccc(N)c(C(=O)NCC2CCOCC2)c1. The lowest BCUT2D eigenvalue weighted by molar-refractivity contribution is 0.0643. The van der Waals surface area contributed by atoms with Gasteiger partial charge in [-0.15, -0.1) is 0 Å². The largest absolute Gasteiger partial charge is 0.398 e. The molecule has 0 radical (unpaired) electrons. The van der Waals surface area contributed by atoms with Crippen molar-refractivity contribution in [3.8, 4) is 0 Å². The summed E-state index contributed by atoms with van der Waals surface area (Å²) in [7, 11) is 0. The Morgan fingerprint density at radius 2 is 2.17 bits per heavy atom. The molecule has 0 saturated carbocycles. The number of carbonyl (C=O) groups is 1. The van der Waals surface area contributed by atoms with Gasteiger partial charge < -0.3 is 15.8 Å². The summed E-state index contributed by atoms with van der Waals surface area (Å²) in [5.41, 5.74) is 7.96. The molecule has 98 valence electrons. The Morgan fingerprint density at radius 1 is 1.44 bits per heavy atom. The van der Waals surface area contributed by atoms with Gasteiger partial charge in [0.2, 0.25) is 0 Å². The van der Waals surface area contributed by atoms with Crippen molar-refractivity contribution in [2.75, 3.05) is 25.5 Å². The van der Waals surface area contributed by atoms with Gasteiger partial charge in [0, 0.05) is 25.4 Å². The van der Waals surface area contributed by atoms with Gasteiger partial charge in [-0.2, -0.15) is 0 Å². The maximum atomic E-state index is 12.0. The average molecular weight is 248 g/mol. The fourth-order valence-corrected chi connectivity index (χ4v) is 2.15. The second kappa shape index (κ2) is 5.87. The van der Waals surface area contributed by atoms with Crippen LogP contribution in [0.4, 0.5) is 5.69 Å². The number of rotatable bonds is 3. The number of hydrogen-bond donors (Lipinski definition) is 2. The minimum atomic E-state index is -0.0808. The zero-order valence-corrected chi connectivity index (χ0v) is 10.7. The van der Waals surface area contributed by atoms with Crippen molar-refractivity contribution in [1.82, 2.24) is 5.32 Å².